The van der Waals surface area contributed by atoms with Gasteiger partial charge in [-0.05, 0) is 50.4 Å². The van der Waals surface area contributed by atoms with E-state index in [9.17, 15) is 0 Å². The van der Waals surface area contributed by atoms with E-state index in [1.54, 1.807) is 0 Å². The third kappa shape index (κ3) is 4.47. The fourth-order valence-electron chi connectivity index (χ4n) is 2.74. The summed E-state index contributed by atoms with van der Waals surface area (Å²) in [6.07, 6.45) is 4.63. The maximum Gasteiger partial charge on any atom is 0.0486 e. The van der Waals surface area contributed by atoms with Gasteiger partial charge in [0.15, 0.2) is 0 Å². The molecule has 0 aliphatic carbocycles. The molecule has 0 aliphatic rings. The minimum atomic E-state index is 0.725. The summed E-state index contributed by atoms with van der Waals surface area (Å²) in [6, 6.07) is 8.69. The number of nitrogens with one attached hydrogen (secondary N) is 1. The van der Waals surface area contributed by atoms with E-state index in [4.69, 9.17) is 0 Å². The van der Waals surface area contributed by atoms with E-state index in [1.807, 2.05) is 0 Å². The Morgan fingerprint density at radius 1 is 1.29 bits per heavy atom. The maximum absolute atomic E-state index is 4.04. The monoisotopic (exact) mass is 284 g/mol. The van der Waals surface area contributed by atoms with E-state index in [2.05, 4.69) is 67.7 Å². The van der Waals surface area contributed by atoms with Crippen LogP contribution in [0.3, 0.4) is 0 Å². The Morgan fingerprint density at radius 2 is 2.05 bits per heavy atom. The number of nitrogens with zero attached hydrogens (tertiary/aromatic N) is 1. The zero-order valence-electron chi connectivity index (χ0n) is 13.7. The second-order valence-electron chi connectivity index (χ2n) is 6.46. The average Bonchev–Trinajstić information content (AvgIpc) is 2.76. The molecule has 1 N–H and O–H groups in total. The first kappa shape index (κ1) is 15.8. The second kappa shape index (κ2) is 7.46. The summed E-state index contributed by atoms with van der Waals surface area (Å²) in [6.45, 7) is 13.7. The molecule has 0 aliphatic heterocycles. The third-order valence-corrected chi connectivity index (χ3v) is 3.66. The molecule has 0 unspecified atom stereocenters. The van der Waals surface area contributed by atoms with Crippen molar-refractivity contribution in [3.8, 4) is 0 Å². The van der Waals surface area contributed by atoms with E-state index < -0.39 is 0 Å². The summed E-state index contributed by atoms with van der Waals surface area (Å²) in [5.41, 5.74) is 3.98. The molecular formula is C19H28N2. The number of hydrogen-bond acceptors (Lipinski definition) is 1. The lowest BCUT2D eigenvalue weighted by Gasteiger charge is -2.06. The summed E-state index contributed by atoms with van der Waals surface area (Å²) in [5.74, 6) is 0.725. The predicted molar refractivity (Wildman–Crippen MR) is 92.8 cm³/mol. The molecule has 2 heteroatoms. The molecule has 114 valence electrons. The Bertz CT molecular complexity index is 593. The van der Waals surface area contributed by atoms with Crippen molar-refractivity contribution in [3.63, 3.8) is 0 Å². The highest BCUT2D eigenvalue weighted by molar-refractivity contribution is 5.84. The highest BCUT2D eigenvalue weighted by Crippen LogP contribution is 2.23. The number of hydrogen-bond donors (Lipinski definition) is 1. The molecule has 0 spiro atoms. The van der Waals surface area contributed by atoms with Gasteiger partial charge in [-0.3, -0.25) is 0 Å². The van der Waals surface area contributed by atoms with Crippen molar-refractivity contribution >= 4 is 10.9 Å². The van der Waals surface area contributed by atoms with Gasteiger partial charge in [0, 0.05) is 23.6 Å². The van der Waals surface area contributed by atoms with Gasteiger partial charge in [0.1, 0.15) is 0 Å². The van der Waals surface area contributed by atoms with Crippen molar-refractivity contribution in [1.82, 2.24) is 9.88 Å². The van der Waals surface area contributed by atoms with Crippen LogP contribution in [0.15, 0.2) is 42.6 Å². The number of benzene rings is 1. The van der Waals surface area contributed by atoms with E-state index in [0.29, 0.717) is 0 Å². The fourth-order valence-corrected chi connectivity index (χ4v) is 2.74. The van der Waals surface area contributed by atoms with Crippen LogP contribution in [-0.2, 0) is 13.0 Å². The molecule has 0 atom stereocenters. The molecule has 1 aromatic carbocycles. The lowest BCUT2D eigenvalue weighted by molar-refractivity contribution is 0.543. The minimum absolute atomic E-state index is 0.725. The van der Waals surface area contributed by atoms with Crippen LogP contribution >= 0.6 is 0 Å². The van der Waals surface area contributed by atoms with Gasteiger partial charge < -0.3 is 9.88 Å². The van der Waals surface area contributed by atoms with Crippen LogP contribution < -0.4 is 5.32 Å². The topological polar surface area (TPSA) is 17.0 Å². The number of rotatable bonds is 8. The Morgan fingerprint density at radius 3 is 2.76 bits per heavy atom. The van der Waals surface area contributed by atoms with Crippen molar-refractivity contribution in [1.29, 1.82) is 0 Å². The second-order valence-corrected chi connectivity index (χ2v) is 6.46. The first-order valence-electron chi connectivity index (χ1n) is 7.99. The first-order valence-corrected chi connectivity index (χ1v) is 7.99. The minimum Gasteiger partial charge on any atom is -0.343 e. The molecule has 0 radical (unpaired) electrons. The third-order valence-electron chi connectivity index (χ3n) is 3.66. The standard InChI is InChI=1S/C19H28N2/c1-15(2)12-20-11-7-8-17-14-21(13-16(3)4)19-10-6-5-9-18(17)19/h5-6,9-10,14-15,20H,3,7-8,11-13H2,1-2,4H3. The first-order chi connectivity index (χ1) is 10.1. The van der Waals surface area contributed by atoms with Gasteiger partial charge >= 0.3 is 0 Å². The summed E-state index contributed by atoms with van der Waals surface area (Å²) in [5, 5.41) is 4.91. The van der Waals surface area contributed by atoms with Crippen LogP contribution in [0.2, 0.25) is 0 Å². The van der Waals surface area contributed by atoms with Crippen molar-refractivity contribution in [2.24, 2.45) is 5.92 Å². The van der Waals surface area contributed by atoms with E-state index in [1.165, 1.54) is 28.5 Å². The van der Waals surface area contributed by atoms with Gasteiger partial charge in [0.05, 0.1) is 0 Å². The molecule has 2 rings (SSSR count). The summed E-state index contributed by atoms with van der Waals surface area (Å²) in [4.78, 5) is 0. The molecule has 1 aromatic heterocycles. The lowest BCUT2D eigenvalue weighted by Crippen LogP contribution is -2.21. The van der Waals surface area contributed by atoms with Crippen LogP contribution in [-0.4, -0.2) is 17.7 Å². The normalized spacial score (nSPS) is 11.4. The molecule has 0 amide bonds. The largest absolute Gasteiger partial charge is 0.343 e. The molecule has 21 heavy (non-hydrogen) atoms. The maximum atomic E-state index is 4.04. The van der Waals surface area contributed by atoms with Crippen LogP contribution in [0.4, 0.5) is 0 Å². The molecular weight excluding hydrogens is 256 g/mol. The fraction of sp³-hybridized carbons (Fsp3) is 0.474. The van der Waals surface area contributed by atoms with Crippen LogP contribution in [0.5, 0.6) is 0 Å². The predicted octanol–water partition coefficient (Wildman–Crippen LogP) is 4.40. The van der Waals surface area contributed by atoms with Gasteiger partial charge in [-0.1, -0.05) is 44.2 Å². The summed E-state index contributed by atoms with van der Waals surface area (Å²) in [7, 11) is 0. The molecule has 0 bridgehead atoms. The zero-order chi connectivity index (χ0) is 15.2. The van der Waals surface area contributed by atoms with E-state index in [-0.39, 0.29) is 0 Å². The highest BCUT2D eigenvalue weighted by atomic mass is 15.0. The van der Waals surface area contributed by atoms with Gasteiger partial charge in [0.25, 0.3) is 0 Å². The Balaban J connectivity index is 2.04. The van der Waals surface area contributed by atoms with Crippen LogP contribution in [0, 0.1) is 5.92 Å². The number of aryl methyl sites for hydroxylation is 1. The van der Waals surface area contributed by atoms with E-state index >= 15 is 0 Å². The summed E-state index contributed by atoms with van der Waals surface area (Å²) >= 11 is 0. The van der Waals surface area contributed by atoms with Crippen molar-refractivity contribution in [2.75, 3.05) is 13.1 Å². The van der Waals surface area contributed by atoms with Crippen molar-refractivity contribution in [3.05, 3.63) is 48.2 Å². The number of fused-ring (bicyclic) bond motifs is 1. The quantitative estimate of drug-likeness (QED) is 0.562. The van der Waals surface area contributed by atoms with Gasteiger partial charge in [-0.2, -0.15) is 0 Å². The average molecular weight is 284 g/mol. The summed E-state index contributed by atoms with van der Waals surface area (Å²) < 4.78 is 2.33. The van der Waals surface area contributed by atoms with Gasteiger partial charge in [0.2, 0.25) is 0 Å². The van der Waals surface area contributed by atoms with Gasteiger partial charge in [-0.15, -0.1) is 0 Å². The molecule has 0 fully saturated rings. The van der Waals surface area contributed by atoms with Gasteiger partial charge in [-0.25, -0.2) is 0 Å². The van der Waals surface area contributed by atoms with E-state index in [0.717, 1.165) is 32.0 Å². The molecule has 2 aromatic rings. The Hall–Kier alpha value is -1.54. The Kier molecular flexibility index (Phi) is 5.63. The smallest absolute Gasteiger partial charge is 0.0486 e. The number of aromatic nitrogens is 1. The molecule has 2 nitrogen and oxygen atoms in total. The lowest BCUT2D eigenvalue weighted by atomic mass is 10.1. The number of para-hydroxylation sites is 1. The molecule has 1 heterocycles. The number of allylic oxidation sites excluding steroid dienone is 1. The zero-order valence-corrected chi connectivity index (χ0v) is 13.7. The van der Waals surface area contributed by atoms with Crippen LogP contribution in [0.1, 0.15) is 32.8 Å². The molecule has 0 saturated carbocycles. The van der Waals surface area contributed by atoms with Crippen molar-refractivity contribution in [2.45, 2.75) is 40.2 Å². The van der Waals surface area contributed by atoms with Crippen molar-refractivity contribution < 1.29 is 0 Å². The SMILES string of the molecule is C=C(C)Cn1cc(CCCNCC(C)C)c2ccccc21. The highest BCUT2D eigenvalue weighted by Gasteiger charge is 2.07. The Labute approximate surface area is 128 Å². The molecule has 0 saturated heterocycles. The van der Waals surface area contributed by atoms with Crippen LogP contribution in [0.25, 0.3) is 10.9 Å².